The molecule has 1 saturated heterocycles. The van der Waals surface area contributed by atoms with Gasteiger partial charge in [0.05, 0.1) is 11.6 Å². The van der Waals surface area contributed by atoms with Crippen molar-refractivity contribution in [2.45, 2.75) is 18.6 Å². The number of alkyl halides is 3. The average Bonchev–Trinajstić information content (AvgIpc) is 2.70. The topological polar surface area (TPSA) is 23.6 Å². The smallest absolute Gasteiger partial charge is 0.334 e. The highest BCUT2D eigenvalue weighted by molar-refractivity contribution is 7.99. The number of rotatable bonds is 3. The Morgan fingerprint density at radius 1 is 1.39 bits per heavy atom. The lowest BCUT2D eigenvalue weighted by Crippen LogP contribution is -2.46. The van der Waals surface area contributed by atoms with Crippen LogP contribution >= 0.6 is 11.8 Å². The van der Waals surface area contributed by atoms with Gasteiger partial charge in [0.15, 0.2) is 0 Å². The van der Waals surface area contributed by atoms with E-state index < -0.39 is 11.7 Å². The van der Waals surface area contributed by atoms with Crippen LogP contribution in [0.5, 0.6) is 0 Å². The summed E-state index contributed by atoms with van der Waals surface area (Å²) in [5.74, 6) is 1.46. The third kappa shape index (κ3) is 4.88. The zero-order valence-electron chi connectivity index (χ0n) is 13.3. The van der Waals surface area contributed by atoms with Crippen LogP contribution < -0.4 is 0 Å². The first-order valence-electron chi connectivity index (χ1n) is 7.49. The predicted molar refractivity (Wildman–Crippen MR) is 86.8 cm³/mol. The molecule has 1 heterocycles. The number of halogens is 3. The van der Waals surface area contributed by atoms with Gasteiger partial charge in [-0.25, -0.2) is 0 Å². The van der Waals surface area contributed by atoms with Gasteiger partial charge in [-0.1, -0.05) is 6.07 Å². The molecule has 1 aliphatic rings. The van der Waals surface area contributed by atoms with Crippen LogP contribution in [0.15, 0.2) is 24.3 Å². The van der Waals surface area contributed by atoms with Gasteiger partial charge in [-0.15, -0.1) is 0 Å². The van der Waals surface area contributed by atoms with Crippen LogP contribution in [0.3, 0.4) is 0 Å². The molecule has 3 nitrogen and oxygen atoms in total. The molecule has 0 spiro atoms. The highest BCUT2D eigenvalue weighted by Crippen LogP contribution is 2.30. The van der Waals surface area contributed by atoms with E-state index in [1.807, 2.05) is 19.0 Å². The molecule has 0 N–H and O–H groups in total. The van der Waals surface area contributed by atoms with Crippen LogP contribution in [-0.2, 0) is 6.18 Å². The van der Waals surface area contributed by atoms with Crippen molar-refractivity contribution in [2.24, 2.45) is 0 Å². The van der Waals surface area contributed by atoms with Crippen LogP contribution in [0.25, 0.3) is 0 Å². The van der Waals surface area contributed by atoms with E-state index >= 15 is 0 Å². The summed E-state index contributed by atoms with van der Waals surface area (Å²) in [5, 5.41) is 0. The maximum absolute atomic E-state index is 12.9. The van der Waals surface area contributed by atoms with Crippen molar-refractivity contribution in [3.05, 3.63) is 35.4 Å². The number of carbonyl (C=O) groups is 1. The number of likely N-dealkylation sites (N-methyl/N-ethyl adjacent to an activating group) is 1. The van der Waals surface area contributed by atoms with Gasteiger partial charge in [0, 0.05) is 24.4 Å². The van der Waals surface area contributed by atoms with Crippen LogP contribution in [0.2, 0.25) is 0 Å². The first kappa shape index (κ1) is 18.1. The van der Waals surface area contributed by atoms with Crippen molar-refractivity contribution < 1.29 is 18.0 Å². The second-order valence-electron chi connectivity index (χ2n) is 5.92. The number of benzene rings is 1. The van der Waals surface area contributed by atoms with Gasteiger partial charge in [-0.3, -0.25) is 4.79 Å². The van der Waals surface area contributed by atoms with E-state index in [2.05, 4.69) is 0 Å². The lowest BCUT2D eigenvalue weighted by atomic mass is 10.1. The van der Waals surface area contributed by atoms with Gasteiger partial charge in [0.2, 0.25) is 0 Å². The van der Waals surface area contributed by atoms with Crippen LogP contribution in [-0.4, -0.2) is 60.4 Å². The molecule has 1 aromatic rings. The minimum atomic E-state index is -4.44. The summed E-state index contributed by atoms with van der Waals surface area (Å²) in [4.78, 5) is 16.5. The third-order valence-corrected chi connectivity index (χ3v) is 4.91. The number of hydrogen-bond donors (Lipinski definition) is 0. The Kier molecular flexibility index (Phi) is 5.97. The van der Waals surface area contributed by atoms with Gasteiger partial charge in [-0.2, -0.15) is 24.9 Å². The maximum atomic E-state index is 12.9. The Morgan fingerprint density at radius 2 is 2.13 bits per heavy atom. The molecule has 0 bridgehead atoms. The number of hydrogen-bond acceptors (Lipinski definition) is 3. The summed E-state index contributed by atoms with van der Waals surface area (Å²) >= 11 is 1.79. The molecule has 1 aromatic carbocycles. The van der Waals surface area contributed by atoms with Crippen molar-refractivity contribution in [3.63, 3.8) is 0 Å². The lowest BCUT2D eigenvalue weighted by molar-refractivity contribution is -0.137. The normalized spacial score (nSPS) is 19.7. The molecule has 1 atom stereocenters. The second-order valence-corrected chi connectivity index (χ2v) is 7.07. The molecule has 2 rings (SSSR count). The minimum absolute atomic E-state index is 0.0135. The fourth-order valence-electron chi connectivity index (χ4n) is 2.66. The van der Waals surface area contributed by atoms with E-state index in [0.29, 0.717) is 13.1 Å². The quantitative estimate of drug-likeness (QED) is 0.840. The van der Waals surface area contributed by atoms with Crippen molar-refractivity contribution in [1.29, 1.82) is 0 Å². The highest BCUT2D eigenvalue weighted by atomic mass is 32.2. The Hall–Kier alpha value is -1.21. The molecule has 0 unspecified atom stereocenters. The predicted octanol–water partition coefficient (Wildman–Crippen LogP) is 3.21. The van der Waals surface area contributed by atoms with Crippen molar-refractivity contribution in [1.82, 2.24) is 9.80 Å². The fourth-order valence-corrected chi connectivity index (χ4v) is 3.72. The zero-order chi connectivity index (χ0) is 17.0. The van der Waals surface area contributed by atoms with E-state index in [0.717, 1.165) is 30.1 Å². The van der Waals surface area contributed by atoms with Gasteiger partial charge >= 0.3 is 6.18 Å². The van der Waals surface area contributed by atoms with Crippen LogP contribution in [0.1, 0.15) is 22.3 Å². The number of thioether (sulfide) groups is 1. The van der Waals surface area contributed by atoms with Gasteiger partial charge in [0.25, 0.3) is 5.91 Å². The van der Waals surface area contributed by atoms with Crippen LogP contribution in [0, 0.1) is 0 Å². The molecule has 0 aromatic heterocycles. The molecule has 1 fully saturated rings. The summed E-state index contributed by atoms with van der Waals surface area (Å²) < 4.78 is 38.6. The van der Waals surface area contributed by atoms with E-state index in [4.69, 9.17) is 0 Å². The summed E-state index contributed by atoms with van der Waals surface area (Å²) in [6, 6.07) is 4.71. The lowest BCUT2D eigenvalue weighted by Gasteiger charge is -2.32. The van der Waals surface area contributed by atoms with Gasteiger partial charge in [0.1, 0.15) is 0 Å². The SMILES string of the molecule is CN(C)C[C@@H]1CSCCCN1C(=O)c1cccc(C(F)(F)F)c1. The molecule has 7 heteroatoms. The molecule has 0 radical (unpaired) electrons. The van der Waals surface area contributed by atoms with E-state index in [1.54, 1.807) is 16.7 Å². The summed E-state index contributed by atoms with van der Waals surface area (Å²) in [5.41, 5.74) is -0.674. The number of amides is 1. The van der Waals surface area contributed by atoms with E-state index in [1.165, 1.54) is 12.1 Å². The van der Waals surface area contributed by atoms with Crippen molar-refractivity contribution in [2.75, 3.05) is 38.7 Å². The second kappa shape index (κ2) is 7.57. The number of nitrogens with zero attached hydrogens (tertiary/aromatic N) is 2. The Balaban J connectivity index is 2.25. The molecule has 0 aliphatic carbocycles. The third-order valence-electron chi connectivity index (χ3n) is 3.71. The monoisotopic (exact) mass is 346 g/mol. The standard InChI is InChI=1S/C16H21F3N2OS/c1-20(2)10-14-11-23-8-4-7-21(14)15(22)12-5-3-6-13(9-12)16(17,18)19/h3,5-6,9,14H,4,7-8,10-11H2,1-2H3/t14-/m1/s1. The summed E-state index contributed by atoms with van der Waals surface area (Å²) in [6.45, 7) is 1.29. The molecule has 23 heavy (non-hydrogen) atoms. The minimum Gasteiger partial charge on any atom is -0.334 e. The highest BCUT2D eigenvalue weighted by Gasteiger charge is 2.32. The Bertz CT molecular complexity index is 548. The number of carbonyl (C=O) groups excluding carboxylic acids is 1. The zero-order valence-corrected chi connectivity index (χ0v) is 14.1. The van der Waals surface area contributed by atoms with E-state index in [-0.39, 0.29) is 17.5 Å². The summed E-state index contributed by atoms with van der Waals surface area (Å²) in [6.07, 6.45) is -3.58. The van der Waals surface area contributed by atoms with Gasteiger partial charge < -0.3 is 9.80 Å². The Morgan fingerprint density at radius 3 is 2.78 bits per heavy atom. The molecule has 1 aliphatic heterocycles. The maximum Gasteiger partial charge on any atom is 0.416 e. The van der Waals surface area contributed by atoms with Crippen molar-refractivity contribution in [3.8, 4) is 0 Å². The summed E-state index contributed by atoms with van der Waals surface area (Å²) in [7, 11) is 3.87. The molecule has 0 saturated carbocycles. The molecule has 1 amide bonds. The van der Waals surface area contributed by atoms with E-state index in [9.17, 15) is 18.0 Å². The Labute approximate surface area is 138 Å². The van der Waals surface area contributed by atoms with Crippen LogP contribution in [0.4, 0.5) is 13.2 Å². The first-order chi connectivity index (χ1) is 10.8. The molecular weight excluding hydrogens is 325 g/mol. The first-order valence-corrected chi connectivity index (χ1v) is 8.65. The van der Waals surface area contributed by atoms with Gasteiger partial charge in [-0.05, 0) is 44.5 Å². The fraction of sp³-hybridized carbons (Fsp3) is 0.562. The molecular formula is C16H21F3N2OS. The largest absolute Gasteiger partial charge is 0.416 e. The van der Waals surface area contributed by atoms with Crippen molar-refractivity contribution >= 4 is 17.7 Å². The average molecular weight is 346 g/mol. The molecule has 128 valence electrons.